The first-order chi connectivity index (χ1) is 18.1. The highest BCUT2D eigenvalue weighted by molar-refractivity contribution is 5.93. The van der Waals surface area contributed by atoms with Crippen molar-refractivity contribution in [1.29, 1.82) is 0 Å². The molecule has 0 radical (unpaired) electrons. The minimum Gasteiger partial charge on any atom is -0.496 e. The monoisotopic (exact) mass is 534 g/mol. The molecule has 0 aliphatic rings. The zero-order chi connectivity index (χ0) is 28.1. The number of halogens is 3. The molecule has 1 N–H and O–H groups in total. The molecule has 2 aromatic carbocycles. The van der Waals surface area contributed by atoms with Crippen molar-refractivity contribution in [3.63, 3.8) is 0 Å². The van der Waals surface area contributed by atoms with Crippen molar-refractivity contribution >= 4 is 23.7 Å². The van der Waals surface area contributed by atoms with Crippen LogP contribution in [0.5, 0.6) is 11.5 Å². The fourth-order valence-corrected chi connectivity index (χ4v) is 3.96. The molecule has 2 rings (SSSR count). The fourth-order valence-electron chi connectivity index (χ4n) is 3.96. The van der Waals surface area contributed by atoms with Crippen LogP contribution >= 0.6 is 0 Å². The number of nitrogens with one attached hydrogen (secondary N) is 1. The van der Waals surface area contributed by atoms with E-state index < -0.39 is 12.8 Å². The maximum Gasteiger partial charge on any atom is 0.422 e. The molecule has 0 saturated heterocycles. The maximum atomic E-state index is 12.8. The van der Waals surface area contributed by atoms with Gasteiger partial charge in [0.15, 0.2) is 6.61 Å². The average Bonchev–Trinajstić information content (AvgIpc) is 2.87. The van der Waals surface area contributed by atoms with Crippen molar-refractivity contribution in [1.82, 2.24) is 4.90 Å². The second kappa shape index (κ2) is 15.4. The first-order valence-electron chi connectivity index (χ1n) is 13.2. The van der Waals surface area contributed by atoms with Crippen LogP contribution < -0.4 is 14.8 Å². The fraction of sp³-hybridized carbons (Fsp3) is 0.500. The van der Waals surface area contributed by atoms with Gasteiger partial charge in [-0.3, -0.25) is 4.79 Å². The second-order valence-electron chi connectivity index (χ2n) is 9.50. The number of ether oxygens (including phenoxy) is 2. The summed E-state index contributed by atoms with van der Waals surface area (Å²) in [5.74, 6) is 0.495. The Morgan fingerprint density at radius 3 is 2.21 bits per heavy atom. The molecule has 210 valence electrons. The van der Waals surface area contributed by atoms with Crippen LogP contribution in [-0.4, -0.2) is 50.3 Å². The molecule has 0 spiro atoms. The number of anilines is 1. The zero-order valence-corrected chi connectivity index (χ0v) is 23.2. The van der Waals surface area contributed by atoms with Gasteiger partial charge >= 0.3 is 6.18 Å². The van der Waals surface area contributed by atoms with E-state index in [0.29, 0.717) is 12.1 Å². The third-order valence-corrected chi connectivity index (χ3v) is 6.31. The Morgan fingerprint density at radius 2 is 1.61 bits per heavy atom. The van der Waals surface area contributed by atoms with Gasteiger partial charge in [0.2, 0.25) is 5.91 Å². The SMILES string of the molecule is CCCCN(CCCC)CCC(=O)Nc1cc(/C=C\c2cc(C)c(C)c(OC)c2)ccc1OCC(F)(F)F. The number of rotatable bonds is 15. The highest BCUT2D eigenvalue weighted by Crippen LogP contribution is 2.30. The van der Waals surface area contributed by atoms with E-state index in [0.717, 1.165) is 61.2 Å². The van der Waals surface area contributed by atoms with Gasteiger partial charge in [-0.2, -0.15) is 13.2 Å². The van der Waals surface area contributed by atoms with Crippen molar-refractivity contribution in [2.75, 3.05) is 38.7 Å². The van der Waals surface area contributed by atoms with Crippen molar-refractivity contribution in [2.24, 2.45) is 0 Å². The van der Waals surface area contributed by atoms with E-state index in [-0.39, 0.29) is 23.8 Å². The van der Waals surface area contributed by atoms with Gasteiger partial charge in [0.1, 0.15) is 11.5 Å². The van der Waals surface area contributed by atoms with Crippen LogP contribution in [0.3, 0.4) is 0 Å². The van der Waals surface area contributed by atoms with E-state index in [1.807, 2.05) is 38.1 Å². The highest BCUT2D eigenvalue weighted by Gasteiger charge is 2.29. The number of benzene rings is 2. The Bertz CT molecular complexity index is 1060. The summed E-state index contributed by atoms with van der Waals surface area (Å²) in [6.07, 6.45) is 3.75. The summed E-state index contributed by atoms with van der Waals surface area (Å²) in [5, 5.41) is 2.78. The molecule has 1 amide bonds. The topological polar surface area (TPSA) is 50.8 Å². The standard InChI is InChI=1S/C30H41F3N2O3/c1-6-8-15-35(16-9-7-2)17-14-29(36)34-26-19-24(12-13-27(26)38-21-30(31,32)33)10-11-25-18-22(3)23(4)28(20-25)37-5/h10-13,18-20H,6-9,14-17,21H2,1-5H3,(H,34,36)/b11-10-. The molecule has 0 fully saturated rings. The number of alkyl halides is 3. The van der Waals surface area contributed by atoms with E-state index in [1.54, 1.807) is 19.2 Å². The zero-order valence-electron chi connectivity index (χ0n) is 23.2. The molecule has 0 heterocycles. The van der Waals surface area contributed by atoms with Gasteiger partial charge in [-0.1, -0.05) is 51.0 Å². The number of hydrogen-bond acceptors (Lipinski definition) is 4. The number of carbonyl (C=O) groups is 1. The van der Waals surface area contributed by atoms with Gasteiger partial charge in [-0.05, 0) is 80.2 Å². The third kappa shape index (κ3) is 10.8. The molecule has 5 nitrogen and oxygen atoms in total. The average molecular weight is 535 g/mol. The Morgan fingerprint density at radius 1 is 0.947 bits per heavy atom. The van der Waals surface area contributed by atoms with E-state index in [1.165, 1.54) is 6.07 Å². The number of methoxy groups -OCH3 is 1. The quantitative estimate of drug-likeness (QED) is 0.238. The molecule has 8 heteroatoms. The summed E-state index contributed by atoms with van der Waals surface area (Å²) in [7, 11) is 1.62. The molecule has 0 aliphatic heterocycles. The van der Waals surface area contributed by atoms with Gasteiger partial charge in [0.05, 0.1) is 12.8 Å². The molecule has 0 bridgehead atoms. The van der Waals surface area contributed by atoms with Crippen LogP contribution in [0.2, 0.25) is 0 Å². The first-order valence-corrected chi connectivity index (χ1v) is 13.2. The minimum absolute atomic E-state index is 0.0190. The van der Waals surface area contributed by atoms with Crippen molar-refractivity contribution in [2.45, 2.75) is 66.0 Å². The van der Waals surface area contributed by atoms with E-state index >= 15 is 0 Å². The number of unbranched alkanes of at least 4 members (excludes halogenated alkanes) is 2. The summed E-state index contributed by atoms with van der Waals surface area (Å²) in [4.78, 5) is 15.1. The number of amides is 1. The van der Waals surface area contributed by atoms with Crippen LogP contribution in [-0.2, 0) is 4.79 Å². The lowest BCUT2D eigenvalue weighted by molar-refractivity contribution is -0.153. The number of aryl methyl sites for hydroxylation is 1. The number of carbonyl (C=O) groups excluding carboxylic acids is 1. The molecular formula is C30H41F3N2O3. The Balaban J connectivity index is 2.21. The van der Waals surface area contributed by atoms with Gasteiger partial charge < -0.3 is 19.7 Å². The van der Waals surface area contributed by atoms with Gasteiger partial charge in [-0.25, -0.2) is 0 Å². The van der Waals surface area contributed by atoms with Crippen molar-refractivity contribution < 1.29 is 27.4 Å². The van der Waals surface area contributed by atoms with Gasteiger partial charge in [0.25, 0.3) is 0 Å². The molecule has 2 aromatic rings. The summed E-state index contributed by atoms with van der Waals surface area (Å²) < 4.78 is 48.9. The predicted molar refractivity (Wildman–Crippen MR) is 149 cm³/mol. The molecule has 38 heavy (non-hydrogen) atoms. The third-order valence-electron chi connectivity index (χ3n) is 6.31. The second-order valence-corrected chi connectivity index (χ2v) is 9.50. The van der Waals surface area contributed by atoms with Gasteiger partial charge in [-0.15, -0.1) is 0 Å². The Kier molecular flexibility index (Phi) is 12.7. The summed E-state index contributed by atoms with van der Waals surface area (Å²) >= 11 is 0. The lowest BCUT2D eigenvalue weighted by atomic mass is 10.0. The summed E-state index contributed by atoms with van der Waals surface area (Å²) in [6.45, 7) is 9.26. The highest BCUT2D eigenvalue weighted by atomic mass is 19.4. The molecule has 0 aromatic heterocycles. The van der Waals surface area contributed by atoms with E-state index in [9.17, 15) is 18.0 Å². The largest absolute Gasteiger partial charge is 0.496 e. The van der Waals surface area contributed by atoms with Crippen LogP contribution in [0.25, 0.3) is 12.2 Å². The predicted octanol–water partition coefficient (Wildman–Crippen LogP) is 7.65. The van der Waals surface area contributed by atoms with Crippen molar-refractivity contribution in [3.05, 3.63) is 52.6 Å². The van der Waals surface area contributed by atoms with Crippen molar-refractivity contribution in [3.8, 4) is 11.5 Å². The van der Waals surface area contributed by atoms with Crippen LogP contribution in [0.1, 0.15) is 68.2 Å². The molecule has 0 saturated carbocycles. The summed E-state index contributed by atoms with van der Waals surface area (Å²) in [6, 6.07) is 8.69. The minimum atomic E-state index is -4.48. The number of nitrogens with zero attached hydrogens (tertiary/aromatic N) is 1. The summed E-state index contributed by atoms with van der Waals surface area (Å²) in [5.41, 5.74) is 3.99. The maximum absolute atomic E-state index is 12.8. The molecule has 0 atom stereocenters. The lowest BCUT2D eigenvalue weighted by Gasteiger charge is -2.22. The van der Waals surface area contributed by atoms with Crippen LogP contribution in [0, 0.1) is 13.8 Å². The first kappa shape index (κ1) is 31.2. The van der Waals surface area contributed by atoms with Gasteiger partial charge in [0, 0.05) is 13.0 Å². The van der Waals surface area contributed by atoms with E-state index in [2.05, 4.69) is 24.1 Å². The molecule has 0 aliphatic carbocycles. The normalized spacial score (nSPS) is 11.8. The van der Waals surface area contributed by atoms with Crippen LogP contribution in [0.15, 0.2) is 30.3 Å². The van der Waals surface area contributed by atoms with E-state index in [4.69, 9.17) is 9.47 Å². The Hall–Kier alpha value is -3.00. The molecular weight excluding hydrogens is 493 g/mol. The molecule has 0 unspecified atom stereocenters. The lowest BCUT2D eigenvalue weighted by Crippen LogP contribution is -2.30. The van der Waals surface area contributed by atoms with Crippen LogP contribution in [0.4, 0.5) is 18.9 Å². The Labute approximate surface area is 225 Å². The smallest absolute Gasteiger partial charge is 0.422 e. The number of hydrogen-bond donors (Lipinski definition) is 1.